The molecule has 1 aliphatic rings. The van der Waals surface area contributed by atoms with Crippen molar-refractivity contribution >= 4 is 9.84 Å². The molecule has 0 bridgehead atoms. The third-order valence-electron chi connectivity index (χ3n) is 3.77. The molecular weight excluding hydrogens is 200 g/mol. The third-order valence-corrected chi connectivity index (χ3v) is 6.39. The van der Waals surface area contributed by atoms with Gasteiger partial charge in [0.05, 0.1) is 0 Å². The summed E-state index contributed by atoms with van der Waals surface area (Å²) in [5.74, 6) is 0. The maximum absolute atomic E-state index is 2.81. The summed E-state index contributed by atoms with van der Waals surface area (Å²) < 4.78 is 5.48. The Morgan fingerprint density at radius 1 is 0.933 bits per heavy atom. The van der Waals surface area contributed by atoms with Crippen molar-refractivity contribution in [3.05, 3.63) is 0 Å². The highest BCUT2D eigenvalue weighted by Crippen LogP contribution is 2.21. The van der Waals surface area contributed by atoms with Crippen LogP contribution < -0.4 is 0 Å². The zero-order chi connectivity index (χ0) is 11.1. The SMILES string of the molecule is CCN(CC)[SiH2]N(CC)C1CCCCC1. The molecule has 0 aromatic carbocycles. The van der Waals surface area contributed by atoms with Gasteiger partial charge in [-0.2, -0.15) is 0 Å². The molecule has 0 spiro atoms. The van der Waals surface area contributed by atoms with Crippen molar-refractivity contribution in [2.45, 2.75) is 58.9 Å². The van der Waals surface area contributed by atoms with Crippen LogP contribution in [0.5, 0.6) is 0 Å². The van der Waals surface area contributed by atoms with Crippen LogP contribution in [0.3, 0.4) is 0 Å². The summed E-state index contributed by atoms with van der Waals surface area (Å²) >= 11 is 0. The first-order chi connectivity index (χ1) is 7.31. The second kappa shape index (κ2) is 7.42. The lowest BCUT2D eigenvalue weighted by atomic mass is 9.95. The molecule has 15 heavy (non-hydrogen) atoms. The van der Waals surface area contributed by atoms with Crippen molar-refractivity contribution in [3.8, 4) is 0 Å². The minimum Gasteiger partial charge on any atom is -0.317 e. The van der Waals surface area contributed by atoms with Crippen LogP contribution in [0.1, 0.15) is 52.9 Å². The molecular formula is C12H28N2Si. The van der Waals surface area contributed by atoms with E-state index in [1.807, 2.05) is 0 Å². The second-order valence-electron chi connectivity index (χ2n) is 4.64. The first kappa shape index (κ1) is 13.2. The molecule has 0 saturated heterocycles. The fraction of sp³-hybridized carbons (Fsp3) is 1.00. The largest absolute Gasteiger partial charge is 0.317 e. The van der Waals surface area contributed by atoms with Crippen LogP contribution in [0.15, 0.2) is 0 Å². The molecule has 2 nitrogen and oxygen atoms in total. The average Bonchev–Trinajstić information content (AvgIpc) is 2.32. The van der Waals surface area contributed by atoms with E-state index < -0.39 is 0 Å². The van der Waals surface area contributed by atoms with Gasteiger partial charge in [-0.1, -0.05) is 40.0 Å². The summed E-state index contributed by atoms with van der Waals surface area (Å²) in [5, 5.41) is 0. The first-order valence-electron chi connectivity index (χ1n) is 6.78. The maximum Gasteiger partial charge on any atom is 0.173 e. The van der Waals surface area contributed by atoms with E-state index in [0.717, 1.165) is 6.04 Å². The molecule has 0 heterocycles. The summed E-state index contributed by atoms with van der Waals surface area (Å²) in [7, 11) is -0.139. The minimum atomic E-state index is -0.139. The molecule has 1 fully saturated rings. The summed E-state index contributed by atoms with van der Waals surface area (Å²) in [6, 6.07) is 0.927. The van der Waals surface area contributed by atoms with Crippen LogP contribution in [0.25, 0.3) is 0 Å². The van der Waals surface area contributed by atoms with Crippen molar-refractivity contribution in [1.29, 1.82) is 0 Å². The Balaban J connectivity index is 2.38. The van der Waals surface area contributed by atoms with Crippen LogP contribution in [0, 0.1) is 0 Å². The van der Waals surface area contributed by atoms with Gasteiger partial charge in [0, 0.05) is 6.04 Å². The quantitative estimate of drug-likeness (QED) is 0.642. The van der Waals surface area contributed by atoms with Crippen LogP contribution in [0.4, 0.5) is 0 Å². The monoisotopic (exact) mass is 228 g/mol. The smallest absolute Gasteiger partial charge is 0.173 e. The predicted molar refractivity (Wildman–Crippen MR) is 70.7 cm³/mol. The zero-order valence-electron chi connectivity index (χ0n) is 10.8. The summed E-state index contributed by atoms with van der Waals surface area (Å²) in [4.78, 5) is 0. The van der Waals surface area contributed by atoms with E-state index >= 15 is 0 Å². The Bertz CT molecular complexity index is 154. The molecule has 1 rings (SSSR count). The molecule has 1 saturated carbocycles. The van der Waals surface area contributed by atoms with E-state index in [0.29, 0.717) is 0 Å². The summed E-state index contributed by atoms with van der Waals surface area (Å²) in [5.41, 5.74) is 0. The lowest BCUT2D eigenvalue weighted by Gasteiger charge is -2.36. The normalized spacial score (nSPS) is 19.8. The average molecular weight is 228 g/mol. The highest BCUT2D eigenvalue weighted by Gasteiger charge is 2.20. The Hall–Kier alpha value is 0.137. The number of nitrogens with zero attached hydrogens (tertiary/aromatic N) is 2. The minimum absolute atomic E-state index is 0.139. The molecule has 90 valence electrons. The van der Waals surface area contributed by atoms with Crippen molar-refractivity contribution in [3.63, 3.8) is 0 Å². The number of rotatable bonds is 6. The molecule has 0 radical (unpaired) electrons. The molecule has 0 unspecified atom stereocenters. The van der Waals surface area contributed by atoms with Crippen LogP contribution in [-0.2, 0) is 0 Å². The fourth-order valence-electron chi connectivity index (χ4n) is 2.60. The van der Waals surface area contributed by atoms with E-state index in [2.05, 4.69) is 29.9 Å². The van der Waals surface area contributed by atoms with Crippen LogP contribution in [0.2, 0.25) is 0 Å². The van der Waals surface area contributed by atoms with Gasteiger partial charge in [-0.05, 0) is 32.5 Å². The Labute approximate surface area is 98.0 Å². The van der Waals surface area contributed by atoms with E-state index in [4.69, 9.17) is 0 Å². The molecule has 0 N–H and O–H groups in total. The van der Waals surface area contributed by atoms with Gasteiger partial charge in [0.2, 0.25) is 0 Å². The summed E-state index contributed by atoms with van der Waals surface area (Å²) in [6.07, 6.45) is 7.33. The van der Waals surface area contributed by atoms with Gasteiger partial charge in [0.15, 0.2) is 9.84 Å². The zero-order valence-corrected chi connectivity index (χ0v) is 12.2. The molecule has 3 heteroatoms. The van der Waals surface area contributed by atoms with Gasteiger partial charge in [0.25, 0.3) is 0 Å². The van der Waals surface area contributed by atoms with Crippen molar-refractivity contribution < 1.29 is 0 Å². The van der Waals surface area contributed by atoms with Gasteiger partial charge >= 0.3 is 0 Å². The molecule has 0 atom stereocenters. The molecule has 0 aromatic heterocycles. The lowest BCUT2D eigenvalue weighted by molar-refractivity contribution is 0.248. The molecule has 0 aliphatic heterocycles. The van der Waals surface area contributed by atoms with Crippen molar-refractivity contribution in [2.24, 2.45) is 0 Å². The lowest BCUT2D eigenvalue weighted by Crippen LogP contribution is -2.47. The van der Waals surface area contributed by atoms with Gasteiger partial charge in [-0.25, -0.2) is 0 Å². The maximum atomic E-state index is 2.81. The van der Waals surface area contributed by atoms with Crippen LogP contribution >= 0.6 is 0 Å². The third kappa shape index (κ3) is 4.25. The van der Waals surface area contributed by atoms with Crippen molar-refractivity contribution in [1.82, 2.24) is 9.13 Å². The Kier molecular flexibility index (Phi) is 6.53. The van der Waals surface area contributed by atoms with Crippen LogP contribution in [-0.4, -0.2) is 44.6 Å². The predicted octanol–water partition coefficient (Wildman–Crippen LogP) is 1.98. The topological polar surface area (TPSA) is 6.48 Å². The molecule has 0 amide bonds. The highest BCUT2D eigenvalue weighted by atomic mass is 28.2. The molecule has 0 aromatic rings. The van der Waals surface area contributed by atoms with Gasteiger partial charge in [0.1, 0.15) is 0 Å². The van der Waals surface area contributed by atoms with Gasteiger partial charge < -0.3 is 9.13 Å². The number of hydrogen-bond donors (Lipinski definition) is 0. The standard InChI is InChI=1S/C12H28N2Si/c1-4-13(5-2)15-14(6-3)12-10-8-7-9-11-12/h12H,4-11,15H2,1-3H3. The fourth-order valence-corrected chi connectivity index (χ4v) is 4.31. The Morgan fingerprint density at radius 3 is 2.00 bits per heavy atom. The van der Waals surface area contributed by atoms with Gasteiger partial charge in [-0.3, -0.25) is 0 Å². The molecule has 1 aliphatic carbocycles. The highest BCUT2D eigenvalue weighted by molar-refractivity contribution is 6.28. The summed E-state index contributed by atoms with van der Waals surface area (Å²) in [6.45, 7) is 10.7. The van der Waals surface area contributed by atoms with E-state index in [-0.39, 0.29) is 9.84 Å². The van der Waals surface area contributed by atoms with E-state index in [1.165, 1.54) is 51.7 Å². The van der Waals surface area contributed by atoms with Gasteiger partial charge in [-0.15, -0.1) is 0 Å². The van der Waals surface area contributed by atoms with E-state index in [1.54, 1.807) is 0 Å². The first-order valence-corrected chi connectivity index (χ1v) is 8.04. The second-order valence-corrected chi connectivity index (χ2v) is 6.63. The van der Waals surface area contributed by atoms with E-state index in [9.17, 15) is 0 Å². The Morgan fingerprint density at radius 2 is 1.53 bits per heavy atom. The number of hydrogen-bond acceptors (Lipinski definition) is 2. The van der Waals surface area contributed by atoms with Crippen molar-refractivity contribution in [2.75, 3.05) is 19.6 Å².